The molecule has 3 aromatic carbocycles. The van der Waals surface area contributed by atoms with Crippen molar-refractivity contribution in [2.24, 2.45) is 11.7 Å². The second-order valence-electron chi connectivity index (χ2n) is 10.9. The lowest BCUT2D eigenvalue weighted by molar-refractivity contribution is -0.134. The summed E-state index contributed by atoms with van der Waals surface area (Å²) < 4.78 is 9.05. The van der Waals surface area contributed by atoms with Gasteiger partial charge >= 0.3 is 0 Å². The summed E-state index contributed by atoms with van der Waals surface area (Å²) in [4.78, 5) is 28.4. The van der Waals surface area contributed by atoms with E-state index in [1.807, 2.05) is 60.4 Å². The largest absolute Gasteiger partial charge is 0.494 e. The van der Waals surface area contributed by atoms with E-state index in [1.54, 1.807) is 7.05 Å². The van der Waals surface area contributed by atoms with Crippen LogP contribution in [-0.4, -0.2) is 55.3 Å². The van der Waals surface area contributed by atoms with Crippen molar-refractivity contribution in [3.63, 3.8) is 0 Å². The molecular formula is C34H43N5O3S. The second kappa shape index (κ2) is 16.1. The quantitative estimate of drug-likeness (QED) is 0.112. The number of carbonyl (C=O) groups excluding carboxylic acids is 2. The van der Waals surface area contributed by atoms with Crippen molar-refractivity contribution >= 4 is 29.6 Å². The Bertz CT molecular complexity index is 1370. The number of rotatable bonds is 14. The van der Waals surface area contributed by atoms with Crippen LogP contribution in [-0.2, 0) is 16.0 Å². The predicted molar refractivity (Wildman–Crippen MR) is 174 cm³/mol. The Hall–Kier alpha value is -3.82. The fourth-order valence-corrected chi connectivity index (χ4v) is 6.20. The molecule has 4 rings (SSSR count). The van der Waals surface area contributed by atoms with Gasteiger partial charge in [0.05, 0.1) is 6.61 Å². The number of nitrogen functional groups attached to an aromatic ring is 1. The number of benzene rings is 3. The zero-order chi connectivity index (χ0) is 30.6. The molecule has 8 nitrogen and oxygen atoms in total. The number of nitrogens with zero attached hydrogens (tertiary/aromatic N) is 1. The second-order valence-corrected chi connectivity index (χ2v) is 11.8. The molecule has 3 aromatic rings. The number of amides is 2. The average Bonchev–Trinajstić information content (AvgIpc) is 3.03. The molecule has 1 saturated heterocycles. The normalized spacial score (nSPS) is 14.2. The highest BCUT2D eigenvalue weighted by atomic mass is 32.2. The molecule has 0 aromatic heterocycles. The minimum absolute atomic E-state index is 0.0108. The van der Waals surface area contributed by atoms with E-state index in [1.165, 1.54) is 11.9 Å². The fourth-order valence-electron chi connectivity index (χ4n) is 5.41. The van der Waals surface area contributed by atoms with Gasteiger partial charge in [-0.2, -0.15) is 0 Å². The Balaban J connectivity index is 1.43. The molecule has 1 aliphatic rings. The molecule has 2 amide bonds. The van der Waals surface area contributed by atoms with Crippen LogP contribution < -0.4 is 20.5 Å². The number of nitrogens with two attached hydrogens (primary N) is 1. The smallest absolute Gasteiger partial charge is 0.240 e. The lowest BCUT2D eigenvalue weighted by Gasteiger charge is -2.34. The van der Waals surface area contributed by atoms with Crippen LogP contribution in [0, 0.1) is 11.3 Å². The Kier molecular flexibility index (Phi) is 12.1. The minimum Gasteiger partial charge on any atom is -0.494 e. The van der Waals surface area contributed by atoms with Gasteiger partial charge in [-0.3, -0.25) is 15.0 Å². The van der Waals surface area contributed by atoms with Crippen molar-refractivity contribution in [2.45, 2.75) is 56.4 Å². The van der Waals surface area contributed by atoms with E-state index < -0.39 is 6.04 Å². The van der Waals surface area contributed by atoms with Gasteiger partial charge < -0.3 is 20.7 Å². The summed E-state index contributed by atoms with van der Waals surface area (Å²) in [6.45, 7) is 4.03. The molecular weight excluding hydrogens is 558 g/mol. The van der Waals surface area contributed by atoms with Gasteiger partial charge in [-0.25, -0.2) is 4.72 Å². The lowest BCUT2D eigenvalue weighted by Crippen LogP contribution is -2.48. The molecule has 0 saturated carbocycles. The van der Waals surface area contributed by atoms with Crippen molar-refractivity contribution < 1.29 is 14.3 Å². The van der Waals surface area contributed by atoms with E-state index >= 15 is 0 Å². The van der Waals surface area contributed by atoms with Crippen molar-refractivity contribution in [1.82, 2.24) is 14.9 Å². The number of hydrogen-bond donors (Lipinski definition) is 4. The highest BCUT2D eigenvalue weighted by Crippen LogP contribution is 2.28. The number of carbonyl (C=O) groups is 2. The van der Waals surface area contributed by atoms with Gasteiger partial charge in [0, 0.05) is 37.0 Å². The SMILES string of the molecule is CCOc1ccc(-c2cccc(SN[C@@H](Cc3cccc(C(=N)N)c3)C(=O)N3CCC(CCCC(=O)NC)CC3)c2)cc1. The zero-order valence-electron chi connectivity index (χ0n) is 25.1. The van der Waals surface area contributed by atoms with Gasteiger partial charge in [0.15, 0.2) is 0 Å². The molecule has 0 unspecified atom stereocenters. The van der Waals surface area contributed by atoms with Crippen LogP contribution in [0.2, 0.25) is 0 Å². The summed E-state index contributed by atoms with van der Waals surface area (Å²) in [5, 5.41) is 10.5. The molecule has 0 radical (unpaired) electrons. The van der Waals surface area contributed by atoms with Gasteiger partial charge in [0.1, 0.15) is 17.6 Å². The van der Waals surface area contributed by atoms with E-state index in [0.717, 1.165) is 53.0 Å². The topological polar surface area (TPSA) is 121 Å². The van der Waals surface area contributed by atoms with Crippen LogP contribution in [0.5, 0.6) is 5.75 Å². The molecule has 9 heteroatoms. The van der Waals surface area contributed by atoms with Crippen molar-refractivity contribution in [1.29, 1.82) is 5.41 Å². The van der Waals surface area contributed by atoms with E-state index in [4.69, 9.17) is 15.9 Å². The van der Waals surface area contributed by atoms with Gasteiger partial charge in [0.2, 0.25) is 11.8 Å². The maximum atomic E-state index is 13.9. The molecule has 1 aliphatic heterocycles. The molecule has 1 heterocycles. The zero-order valence-corrected chi connectivity index (χ0v) is 25.9. The third-order valence-electron chi connectivity index (χ3n) is 7.85. The van der Waals surface area contributed by atoms with Gasteiger partial charge in [0.25, 0.3) is 0 Å². The Morgan fingerprint density at radius 3 is 2.49 bits per heavy atom. The molecule has 1 fully saturated rings. The molecule has 228 valence electrons. The van der Waals surface area contributed by atoms with E-state index in [9.17, 15) is 9.59 Å². The maximum absolute atomic E-state index is 13.9. The first-order valence-electron chi connectivity index (χ1n) is 15.0. The monoisotopic (exact) mass is 601 g/mol. The van der Waals surface area contributed by atoms with E-state index in [0.29, 0.717) is 44.0 Å². The summed E-state index contributed by atoms with van der Waals surface area (Å²) in [5.74, 6) is 1.55. The van der Waals surface area contributed by atoms with E-state index in [2.05, 4.69) is 34.3 Å². The van der Waals surface area contributed by atoms with Crippen LogP contribution in [0.4, 0.5) is 0 Å². The predicted octanol–water partition coefficient (Wildman–Crippen LogP) is 5.40. The number of ether oxygens (including phenoxy) is 1. The first kappa shape index (κ1) is 32.1. The molecule has 43 heavy (non-hydrogen) atoms. The summed E-state index contributed by atoms with van der Waals surface area (Å²) in [6, 6.07) is 23.4. The number of amidine groups is 1. The summed E-state index contributed by atoms with van der Waals surface area (Å²) >= 11 is 1.46. The summed E-state index contributed by atoms with van der Waals surface area (Å²) in [7, 11) is 1.67. The van der Waals surface area contributed by atoms with Crippen LogP contribution in [0.15, 0.2) is 77.7 Å². The van der Waals surface area contributed by atoms with Gasteiger partial charge in [-0.15, -0.1) is 0 Å². The lowest BCUT2D eigenvalue weighted by atomic mass is 9.91. The average molecular weight is 602 g/mol. The van der Waals surface area contributed by atoms with Crippen molar-refractivity contribution in [3.8, 4) is 16.9 Å². The minimum atomic E-state index is -0.453. The van der Waals surface area contributed by atoms with Gasteiger partial charge in [-0.05, 0) is 104 Å². The van der Waals surface area contributed by atoms with Crippen LogP contribution in [0.25, 0.3) is 11.1 Å². The van der Waals surface area contributed by atoms with Crippen LogP contribution in [0.1, 0.15) is 50.2 Å². The Labute approximate surface area is 259 Å². The fraction of sp³-hybridized carbons (Fsp3) is 0.382. The molecule has 0 spiro atoms. The number of nitrogens with one attached hydrogen (secondary N) is 3. The molecule has 1 atom stereocenters. The summed E-state index contributed by atoms with van der Waals surface area (Å²) in [6.07, 6.45) is 4.82. The van der Waals surface area contributed by atoms with Crippen molar-refractivity contribution in [3.05, 3.63) is 83.9 Å². The highest BCUT2D eigenvalue weighted by molar-refractivity contribution is 7.97. The van der Waals surface area contributed by atoms with Crippen LogP contribution in [0.3, 0.4) is 0 Å². The first-order valence-corrected chi connectivity index (χ1v) is 15.9. The number of likely N-dealkylation sites (tertiary alicyclic amines) is 1. The Morgan fingerprint density at radius 1 is 1.05 bits per heavy atom. The first-order chi connectivity index (χ1) is 20.9. The molecule has 0 aliphatic carbocycles. The van der Waals surface area contributed by atoms with Gasteiger partial charge in [-0.1, -0.05) is 42.5 Å². The van der Waals surface area contributed by atoms with Crippen molar-refractivity contribution in [2.75, 3.05) is 26.7 Å². The summed E-state index contributed by atoms with van der Waals surface area (Å²) in [5.41, 5.74) is 9.53. The number of hydrogen-bond acceptors (Lipinski definition) is 6. The maximum Gasteiger partial charge on any atom is 0.240 e. The highest BCUT2D eigenvalue weighted by Gasteiger charge is 2.29. The number of piperidine rings is 1. The molecule has 0 bridgehead atoms. The van der Waals surface area contributed by atoms with Crippen LogP contribution >= 0.6 is 11.9 Å². The Morgan fingerprint density at radius 2 is 1.79 bits per heavy atom. The molecule has 5 N–H and O–H groups in total. The third kappa shape index (κ3) is 9.59. The third-order valence-corrected chi connectivity index (χ3v) is 8.74. The standard InChI is InChI=1S/C34H43N5O3S/c1-3-42-29-15-13-26(14-16-29)27-9-6-11-30(23-27)43-38-31(22-25-8-4-10-28(21-25)33(35)36)34(41)39-19-17-24(18-20-39)7-5-12-32(40)37-2/h4,6,8-11,13-16,21,23-24,31,38H,3,5,7,12,17-20,22H2,1-2H3,(H3,35,36)(H,37,40)/t31-/m0/s1. The van der Waals surface area contributed by atoms with E-state index in [-0.39, 0.29) is 17.6 Å².